The van der Waals surface area contributed by atoms with E-state index in [2.05, 4.69) is 32.4 Å². The maximum absolute atomic E-state index is 14.8. The van der Waals surface area contributed by atoms with Crippen molar-refractivity contribution in [3.05, 3.63) is 60.0 Å². The van der Waals surface area contributed by atoms with Gasteiger partial charge >= 0.3 is 0 Å². The van der Waals surface area contributed by atoms with Crippen LogP contribution in [0, 0.1) is 5.82 Å². The molecule has 194 valence electrons. The van der Waals surface area contributed by atoms with Gasteiger partial charge in [-0.1, -0.05) is 25.1 Å². The molecule has 0 aliphatic rings. The van der Waals surface area contributed by atoms with E-state index in [9.17, 15) is 8.78 Å². The summed E-state index contributed by atoms with van der Waals surface area (Å²) in [4.78, 5) is 9.87. The number of aliphatic hydroxyl groups is 1. The van der Waals surface area contributed by atoms with Crippen LogP contribution >= 0.6 is 11.8 Å². The number of benzene rings is 2. The van der Waals surface area contributed by atoms with Crippen molar-refractivity contribution in [1.29, 1.82) is 0 Å². The molecule has 0 aliphatic carbocycles. The van der Waals surface area contributed by atoms with Gasteiger partial charge in [-0.2, -0.15) is 0 Å². The quantitative estimate of drug-likeness (QED) is 0.234. The van der Waals surface area contributed by atoms with E-state index >= 15 is 0 Å². The zero-order valence-corrected chi connectivity index (χ0v) is 21.3. The molecule has 0 spiro atoms. The van der Waals surface area contributed by atoms with Crippen LogP contribution in [0.4, 0.5) is 14.6 Å². The summed E-state index contributed by atoms with van der Waals surface area (Å²) in [5.41, 5.74) is 8.43. The van der Waals surface area contributed by atoms with Crippen LogP contribution in [0.2, 0.25) is 0 Å². The van der Waals surface area contributed by atoms with Crippen LogP contribution in [-0.2, 0) is 6.54 Å². The monoisotopic (exact) mass is 526 g/mol. The van der Waals surface area contributed by atoms with Crippen LogP contribution in [0.3, 0.4) is 0 Å². The van der Waals surface area contributed by atoms with Gasteiger partial charge in [0.05, 0.1) is 17.5 Å². The average Bonchev–Trinajstić information content (AvgIpc) is 3.38. The molecule has 0 fully saturated rings. The van der Waals surface area contributed by atoms with Crippen molar-refractivity contribution in [1.82, 2.24) is 25.5 Å². The molecule has 2 heterocycles. The lowest BCUT2D eigenvalue weighted by Crippen LogP contribution is -2.27. The fraction of sp³-hybridized carbons (Fsp3) is 0.308. The molecule has 4 rings (SSSR count). The van der Waals surface area contributed by atoms with E-state index in [1.54, 1.807) is 30.9 Å². The minimum Gasteiger partial charge on any atom is -0.414 e. The third-order valence-electron chi connectivity index (χ3n) is 5.60. The lowest BCUT2D eigenvalue weighted by molar-refractivity contribution is 0.289. The number of aliphatic hydroxyl groups excluding tert-OH is 1. The number of aromatic nitrogens is 4. The average molecular weight is 527 g/mol. The SMILES string of the molecule is CC(CF)NCc1ccc(-c2nnc(-c3nc(-c4ccc(SC(C)CCO)cc4)cnc3N)o2)c(F)c1. The number of halogens is 2. The largest absolute Gasteiger partial charge is 0.414 e. The van der Waals surface area contributed by atoms with Gasteiger partial charge in [0, 0.05) is 34.9 Å². The van der Waals surface area contributed by atoms with Gasteiger partial charge in [-0.05, 0) is 43.2 Å². The predicted molar refractivity (Wildman–Crippen MR) is 140 cm³/mol. The van der Waals surface area contributed by atoms with E-state index in [1.165, 1.54) is 12.1 Å². The smallest absolute Gasteiger partial charge is 0.270 e. The standard InChI is InChI=1S/C26H28F2N6O2S/c1-15(12-27)30-13-17-3-8-20(21(28)11-17)25-33-34-26(36-25)23-24(29)31-14-22(32-23)18-4-6-19(7-5-18)37-16(2)9-10-35/h3-8,11,14-16,30,35H,9-10,12-13H2,1-2H3,(H2,29,31). The van der Waals surface area contributed by atoms with Crippen molar-refractivity contribution in [2.24, 2.45) is 0 Å². The summed E-state index contributed by atoms with van der Waals surface area (Å²) in [7, 11) is 0. The number of hydrogen-bond acceptors (Lipinski definition) is 9. The molecule has 0 saturated carbocycles. The van der Waals surface area contributed by atoms with E-state index in [4.69, 9.17) is 15.3 Å². The number of thioether (sulfide) groups is 1. The number of nitrogens with two attached hydrogens (primary N) is 1. The van der Waals surface area contributed by atoms with Gasteiger partial charge in [-0.25, -0.2) is 18.7 Å². The summed E-state index contributed by atoms with van der Waals surface area (Å²) in [6, 6.07) is 12.1. The summed E-state index contributed by atoms with van der Waals surface area (Å²) in [5.74, 6) is -0.433. The molecule has 4 aromatic rings. The molecule has 0 bridgehead atoms. The Morgan fingerprint density at radius 3 is 2.57 bits per heavy atom. The molecule has 0 amide bonds. The zero-order valence-electron chi connectivity index (χ0n) is 20.5. The Morgan fingerprint density at radius 1 is 1.11 bits per heavy atom. The highest BCUT2D eigenvalue weighted by Gasteiger charge is 2.19. The van der Waals surface area contributed by atoms with Crippen molar-refractivity contribution >= 4 is 17.6 Å². The molecule has 0 radical (unpaired) electrons. The molecule has 11 heteroatoms. The minimum absolute atomic E-state index is 0.0193. The van der Waals surface area contributed by atoms with Crippen molar-refractivity contribution in [2.75, 3.05) is 19.0 Å². The summed E-state index contributed by atoms with van der Waals surface area (Å²) in [6.45, 7) is 3.76. The first-order valence-electron chi connectivity index (χ1n) is 11.8. The molecular weight excluding hydrogens is 498 g/mol. The number of alkyl halides is 1. The van der Waals surface area contributed by atoms with Crippen molar-refractivity contribution < 1.29 is 18.3 Å². The molecule has 2 unspecified atom stereocenters. The highest BCUT2D eigenvalue weighted by molar-refractivity contribution is 7.99. The number of nitrogen functional groups attached to an aromatic ring is 1. The molecule has 0 saturated heterocycles. The molecule has 8 nitrogen and oxygen atoms in total. The molecule has 4 N–H and O–H groups in total. The Bertz CT molecular complexity index is 1340. The third-order valence-corrected chi connectivity index (χ3v) is 6.78. The van der Waals surface area contributed by atoms with Gasteiger partial charge in [0.2, 0.25) is 0 Å². The zero-order chi connectivity index (χ0) is 26.4. The maximum atomic E-state index is 14.8. The third kappa shape index (κ3) is 6.68. The topological polar surface area (TPSA) is 123 Å². The second-order valence-corrected chi connectivity index (χ2v) is 10.1. The lowest BCUT2D eigenvalue weighted by Gasteiger charge is -2.10. The highest BCUT2D eigenvalue weighted by atomic mass is 32.2. The summed E-state index contributed by atoms with van der Waals surface area (Å²) in [6.07, 6.45) is 2.28. The minimum atomic E-state index is -0.540. The first-order chi connectivity index (χ1) is 17.9. The van der Waals surface area contributed by atoms with Crippen LogP contribution in [0.5, 0.6) is 0 Å². The molecule has 2 aromatic heterocycles. The van der Waals surface area contributed by atoms with E-state index in [0.29, 0.717) is 23.1 Å². The highest BCUT2D eigenvalue weighted by Crippen LogP contribution is 2.31. The van der Waals surface area contributed by atoms with Gasteiger partial charge in [0.25, 0.3) is 11.8 Å². The fourth-order valence-electron chi connectivity index (χ4n) is 3.49. The lowest BCUT2D eigenvalue weighted by atomic mass is 10.1. The first-order valence-corrected chi connectivity index (χ1v) is 12.7. The maximum Gasteiger partial charge on any atom is 0.270 e. The number of rotatable bonds is 11. The second kappa shape index (κ2) is 12.2. The predicted octanol–water partition coefficient (Wildman–Crippen LogP) is 4.89. The normalized spacial score (nSPS) is 13.0. The Hall–Kier alpha value is -3.41. The van der Waals surface area contributed by atoms with Gasteiger partial charge < -0.3 is 20.6 Å². The fourth-order valence-corrected chi connectivity index (χ4v) is 4.47. The summed E-state index contributed by atoms with van der Waals surface area (Å²) in [5, 5.41) is 20.4. The number of nitrogens with one attached hydrogen (secondary N) is 1. The number of hydrogen-bond donors (Lipinski definition) is 3. The van der Waals surface area contributed by atoms with Crippen LogP contribution in [-0.4, -0.2) is 49.8 Å². The van der Waals surface area contributed by atoms with Gasteiger partial charge in [-0.3, -0.25) is 0 Å². The van der Waals surface area contributed by atoms with E-state index in [0.717, 1.165) is 16.9 Å². The van der Waals surface area contributed by atoms with Crippen LogP contribution in [0.15, 0.2) is 58.0 Å². The Labute approximate surface area is 217 Å². The van der Waals surface area contributed by atoms with Crippen molar-refractivity contribution in [3.63, 3.8) is 0 Å². The van der Waals surface area contributed by atoms with Crippen LogP contribution in [0.1, 0.15) is 25.8 Å². The van der Waals surface area contributed by atoms with Gasteiger partial charge in [-0.15, -0.1) is 22.0 Å². The van der Waals surface area contributed by atoms with Crippen LogP contribution in [0.25, 0.3) is 34.3 Å². The Morgan fingerprint density at radius 2 is 1.86 bits per heavy atom. The van der Waals surface area contributed by atoms with Gasteiger partial charge in [0.15, 0.2) is 11.5 Å². The van der Waals surface area contributed by atoms with Crippen molar-refractivity contribution in [3.8, 4) is 34.3 Å². The number of anilines is 1. The molecule has 0 aliphatic heterocycles. The van der Waals surface area contributed by atoms with E-state index in [1.807, 2.05) is 24.3 Å². The van der Waals surface area contributed by atoms with Crippen LogP contribution < -0.4 is 11.1 Å². The second-order valence-electron chi connectivity index (χ2n) is 8.62. The molecule has 37 heavy (non-hydrogen) atoms. The van der Waals surface area contributed by atoms with E-state index in [-0.39, 0.29) is 41.5 Å². The van der Waals surface area contributed by atoms with E-state index < -0.39 is 12.5 Å². The Balaban J connectivity index is 1.53. The number of nitrogens with zero attached hydrogens (tertiary/aromatic N) is 4. The molecule has 2 aromatic carbocycles. The van der Waals surface area contributed by atoms with Crippen molar-refractivity contribution in [2.45, 2.75) is 43.0 Å². The van der Waals surface area contributed by atoms with Gasteiger partial charge in [0.1, 0.15) is 12.5 Å². The summed E-state index contributed by atoms with van der Waals surface area (Å²) < 4.78 is 33.1. The first kappa shape index (κ1) is 26.6. The Kier molecular flexibility index (Phi) is 8.80. The summed E-state index contributed by atoms with van der Waals surface area (Å²) >= 11 is 1.68. The molecule has 2 atom stereocenters. The molecular formula is C26H28F2N6O2S.